The molecule has 3 aromatic rings. The second-order valence-electron chi connectivity index (χ2n) is 9.28. The van der Waals surface area contributed by atoms with Crippen LogP contribution in [0.2, 0.25) is 0 Å². The van der Waals surface area contributed by atoms with Crippen LogP contribution in [0, 0.1) is 6.92 Å². The number of alkyl halides is 2. The van der Waals surface area contributed by atoms with Crippen molar-refractivity contribution in [2.75, 3.05) is 25.0 Å². The van der Waals surface area contributed by atoms with Crippen molar-refractivity contribution in [3.05, 3.63) is 76.9 Å². The monoisotopic (exact) mass is 485 g/mol. The van der Waals surface area contributed by atoms with E-state index in [1.165, 1.54) is 17.2 Å². The number of aromatic nitrogens is 1. The summed E-state index contributed by atoms with van der Waals surface area (Å²) in [4.78, 5) is 17.4. The number of benzene rings is 1. The zero-order chi connectivity index (χ0) is 25.2. The van der Waals surface area contributed by atoms with Gasteiger partial charge in [0.1, 0.15) is 5.76 Å². The Labute approximate surface area is 202 Å². The Morgan fingerprint density at radius 2 is 1.94 bits per heavy atom. The van der Waals surface area contributed by atoms with E-state index < -0.39 is 12.6 Å². The highest BCUT2D eigenvalue weighted by molar-refractivity contribution is 5.84. The second kappa shape index (κ2) is 10.0. The molecule has 1 aromatic carbocycles. The maximum atomic E-state index is 13.0. The normalized spacial score (nSPS) is 15.3. The lowest BCUT2D eigenvalue weighted by atomic mass is 9.70. The van der Waals surface area contributed by atoms with E-state index in [9.17, 15) is 13.6 Å². The number of pyridine rings is 1. The molecule has 0 bridgehead atoms. The maximum Gasteiger partial charge on any atom is 0.388 e. The van der Waals surface area contributed by atoms with E-state index in [0.29, 0.717) is 49.2 Å². The van der Waals surface area contributed by atoms with E-state index in [4.69, 9.17) is 9.52 Å². The zero-order valence-corrected chi connectivity index (χ0v) is 19.9. The van der Waals surface area contributed by atoms with Crippen molar-refractivity contribution in [1.29, 1.82) is 0 Å². The molecule has 3 heterocycles. The Morgan fingerprint density at radius 1 is 1.20 bits per heavy atom. The molecule has 2 N–H and O–H groups in total. The SMILES string of the molecule is Cc1ccc(NCC2(c3ccccc3C(C)C)CN(Cc3ccc(C(=O)O)o3)C2)c(OC(F)F)n1. The molecule has 0 saturated carbocycles. The summed E-state index contributed by atoms with van der Waals surface area (Å²) in [7, 11) is 0. The molecule has 1 aliphatic heterocycles. The first-order valence-electron chi connectivity index (χ1n) is 11.5. The topological polar surface area (TPSA) is 87.8 Å². The average Bonchev–Trinajstić information content (AvgIpc) is 3.25. The molecule has 1 saturated heterocycles. The molecule has 1 fully saturated rings. The van der Waals surface area contributed by atoms with E-state index >= 15 is 0 Å². The van der Waals surface area contributed by atoms with Gasteiger partial charge in [0.05, 0.1) is 12.2 Å². The highest BCUT2D eigenvalue weighted by atomic mass is 19.3. The summed E-state index contributed by atoms with van der Waals surface area (Å²) >= 11 is 0. The van der Waals surface area contributed by atoms with Crippen molar-refractivity contribution in [2.45, 2.75) is 45.3 Å². The minimum absolute atomic E-state index is 0.0861. The standard InChI is InChI=1S/C26H29F2N3O4/c1-16(2)19-6-4-5-7-20(19)26(13-29-21-10-8-17(3)30-23(21)35-25(27)28)14-31(15-26)12-18-9-11-22(34-18)24(32)33/h4-11,16,25,29H,12-15H2,1-3H3,(H,32,33). The number of ether oxygens (including phenoxy) is 1. The van der Waals surface area contributed by atoms with Crippen molar-refractivity contribution in [3.63, 3.8) is 0 Å². The molecule has 0 unspecified atom stereocenters. The molecular formula is C26H29F2N3O4. The minimum atomic E-state index is -2.97. The van der Waals surface area contributed by atoms with Gasteiger partial charge in [0.2, 0.25) is 11.6 Å². The smallest absolute Gasteiger partial charge is 0.388 e. The van der Waals surface area contributed by atoms with Crippen LogP contribution in [0.1, 0.15) is 52.9 Å². The van der Waals surface area contributed by atoms with Crippen molar-refractivity contribution in [2.24, 2.45) is 0 Å². The van der Waals surface area contributed by atoms with Crippen LogP contribution in [-0.2, 0) is 12.0 Å². The van der Waals surface area contributed by atoms with Crippen LogP contribution in [0.25, 0.3) is 0 Å². The van der Waals surface area contributed by atoms with Gasteiger partial charge in [-0.05, 0) is 48.2 Å². The second-order valence-corrected chi connectivity index (χ2v) is 9.28. The van der Waals surface area contributed by atoms with Gasteiger partial charge >= 0.3 is 12.6 Å². The quantitative estimate of drug-likeness (QED) is 0.404. The fourth-order valence-corrected chi connectivity index (χ4v) is 4.69. The van der Waals surface area contributed by atoms with Gasteiger partial charge in [-0.15, -0.1) is 0 Å². The first kappa shape index (κ1) is 24.7. The summed E-state index contributed by atoms with van der Waals surface area (Å²) in [5.74, 6) is -0.425. The van der Waals surface area contributed by atoms with Crippen molar-refractivity contribution in [3.8, 4) is 5.88 Å². The number of anilines is 1. The van der Waals surface area contributed by atoms with Crippen LogP contribution in [0.4, 0.5) is 14.5 Å². The van der Waals surface area contributed by atoms with Gasteiger partial charge in [0, 0.05) is 30.7 Å². The zero-order valence-electron chi connectivity index (χ0n) is 19.9. The maximum absolute atomic E-state index is 13.0. The fourth-order valence-electron chi connectivity index (χ4n) is 4.69. The van der Waals surface area contributed by atoms with Crippen molar-refractivity contribution >= 4 is 11.7 Å². The Hall–Kier alpha value is -3.46. The minimum Gasteiger partial charge on any atom is -0.475 e. The molecule has 0 atom stereocenters. The molecule has 0 radical (unpaired) electrons. The van der Waals surface area contributed by atoms with Crippen LogP contribution in [-0.4, -0.2) is 47.2 Å². The summed E-state index contributed by atoms with van der Waals surface area (Å²) in [5.41, 5.74) is 3.12. The molecule has 186 valence electrons. The number of aromatic carboxylic acids is 1. The molecule has 7 nitrogen and oxygen atoms in total. The molecule has 4 rings (SSSR count). The molecule has 9 heteroatoms. The van der Waals surface area contributed by atoms with Gasteiger partial charge in [-0.25, -0.2) is 9.78 Å². The Bertz CT molecular complexity index is 1190. The third kappa shape index (κ3) is 5.45. The summed E-state index contributed by atoms with van der Waals surface area (Å²) in [6.07, 6.45) is 0. The van der Waals surface area contributed by atoms with Gasteiger partial charge in [-0.2, -0.15) is 8.78 Å². The van der Waals surface area contributed by atoms with Gasteiger partial charge in [0.15, 0.2) is 0 Å². The lowest BCUT2D eigenvalue weighted by Gasteiger charge is -2.51. The van der Waals surface area contributed by atoms with Gasteiger partial charge < -0.3 is 19.6 Å². The molecule has 0 aliphatic carbocycles. The molecule has 35 heavy (non-hydrogen) atoms. The summed E-state index contributed by atoms with van der Waals surface area (Å²) in [6.45, 7) is 5.35. The van der Waals surface area contributed by atoms with Crippen LogP contribution in [0.3, 0.4) is 0 Å². The van der Waals surface area contributed by atoms with Gasteiger partial charge in [-0.1, -0.05) is 38.1 Å². The van der Waals surface area contributed by atoms with Crippen LogP contribution in [0.15, 0.2) is 52.9 Å². The number of carbonyl (C=O) groups is 1. The number of likely N-dealkylation sites (tertiary alicyclic amines) is 1. The number of furan rings is 1. The van der Waals surface area contributed by atoms with Gasteiger partial charge in [-0.3, -0.25) is 4.90 Å². The van der Waals surface area contributed by atoms with E-state index in [0.717, 1.165) is 0 Å². The fraction of sp³-hybridized carbons (Fsp3) is 0.385. The first-order chi connectivity index (χ1) is 16.7. The van der Waals surface area contributed by atoms with Crippen molar-refractivity contribution in [1.82, 2.24) is 9.88 Å². The summed E-state index contributed by atoms with van der Waals surface area (Å²) in [5, 5.41) is 12.4. The highest BCUT2D eigenvalue weighted by Gasteiger charge is 2.45. The lowest BCUT2D eigenvalue weighted by molar-refractivity contribution is -0.0524. The van der Waals surface area contributed by atoms with E-state index in [2.05, 4.69) is 45.9 Å². The van der Waals surface area contributed by atoms with E-state index in [1.807, 2.05) is 12.1 Å². The third-order valence-corrected chi connectivity index (χ3v) is 6.28. The van der Waals surface area contributed by atoms with E-state index in [-0.39, 0.29) is 17.1 Å². The number of nitrogens with zero attached hydrogens (tertiary/aromatic N) is 2. The number of nitrogens with one attached hydrogen (secondary N) is 1. The molecule has 0 amide bonds. The van der Waals surface area contributed by atoms with E-state index in [1.54, 1.807) is 25.1 Å². The summed E-state index contributed by atoms with van der Waals surface area (Å²) in [6, 6.07) is 14.9. The number of carboxylic acid groups (broad SMARTS) is 1. The van der Waals surface area contributed by atoms with Crippen LogP contribution < -0.4 is 10.1 Å². The Kier molecular flexibility index (Phi) is 7.07. The molecule has 1 aliphatic rings. The number of carboxylic acids is 1. The lowest BCUT2D eigenvalue weighted by Crippen LogP contribution is -2.62. The van der Waals surface area contributed by atoms with Crippen LogP contribution >= 0.6 is 0 Å². The predicted molar refractivity (Wildman–Crippen MR) is 127 cm³/mol. The van der Waals surface area contributed by atoms with Crippen molar-refractivity contribution < 1.29 is 27.8 Å². The Morgan fingerprint density at radius 3 is 2.60 bits per heavy atom. The third-order valence-electron chi connectivity index (χ3n) is 6.28. The number of aryl methyl sites for hydroxylation is 1. The average molecular weight is 486 g/mol. The Balaban J connectivity index is 1.58. The number of hydrogen-bond acceptors (Lipinski definition) is 6. The molecule has 0 spiro atoms. The predicted octanol–water partition coefficient (Wildman–Crippen LogP) is 5.27. The number of hydrogen-bond donors (Lipinski definition) is 2. The number of rotatable bonds is 10. The molecule has 2 aromatic heterocycles. The first-order valence-corrected chi connectivity index (χ1v) is 11.5. The molecular weight excluding hydrogens is 456 g/mol. The largest absolute Gasteiger partial charge is 0.475 e. The van der Waals surface area contributed by atoms with Crippen LogP contribution in [0.5, 0.6) is 5.88 Å². The van der Waals surface area contributed by atoms with Gasteiger partial charge in [0.25, 0.3) is 0 Å². The summed E-state index contributed by atoms with van der Waals surface area (Å²) < 4.78 is 36.0. The number of halogens is 2. The highest BCUT2D eigenvalue weighted by Crippen LogP contribution is 2.40.